The number of carbonyl (C=O) groups is 1. The number of rotatable bonds is 5. The molecule has 8 heteroatoms. The first-order valence-corrected chi connectivity index (χ1v) is 9.00. The van der Waals surface area contributed by atoms with Gasteiger partial charge in [0.25, 0.3) is 0 Å². The third-order valence-corrected chi connectivity index (χ3v) is 5.12. The maximum atomic E-state index is 12.6. The second-order valence-corrected chi connectivity index (χ2v) is 6.71. The lowest BCUT2D eigenvalue weighted by atomic mass is 10.2. The molecule has 1 aliphatic heterocycles. The Morgan fingerprint density at radius 2 is 2.00 bits per heavy atom. The van der Waals surface area contributed by atoms with Crippen molar-refractivity contribution in [3.63, 3.8) is 0 Å². The monoisotopic (exact) mass is 380 g/mol. The van der Waals surface area contributed by atoms with Gasteiger partial charge in [0.1, 0.15) is 16.9 Å². The number of anilines is 1. The van der Waals surface area contributed by atoms with Crippen molar-refractivity contribution < 1.29 is 23.0 Å². The van der Waals surface area contributed by atoms with Gasteiger partial charge in [0.05, 0.1) is 7.11 Å². The van der Waals surface area contributed by atoms with Gasteiger partial charge in [-0.15, -0.1) is 11.8 Å². The highest BCUT2D eigenvalue weighted by molar-refractivity contribution is 7.99. The van der Waals surface area contributed by atoms with Gasteiger partial charge in [0, 0.05) is 24.1 Å². The summed E-state index contributed by atoms with van der Waals surface area (Å²) < 4.78 is 34.2. The number of thioether (sulfide) groups is 1. The summed E-state index contributed by atoms with van der Waals surface area (Å²) >= 11 is 1.67. The van der Waals surface area contributed by atoms with Crippen LogP contribution in [0.1, 0.15) is 10.9 Å². The molecule has 0 radical (unpaired) electrons. The van der Waals surface area contributed by atoms with Gasteiger partial charge in [-0.2, -0.15) is 8.78 Å². The molecule has 1 N–H and O–H groups in total. The molecule has 1 heterocycles. The number of alkyl halides is 2. The number of nitrogens with zero attached hydrogens (tertiary/aromatic N) is 1. The fraction of sp³-hybridized carbons (Fsp3) is 0.278. The molecule has 1 atom stereocenters. The summed E-state index contributed by atoms with van der Waals surface area (Å²) in [5.74, 6) is 1.57. The average Bonchev–Trinajstić information content (AvgIpc) is 3.11. The van der Waals surface area contributed by atoms with Crippen LogP contribution in [-0.2, 0) is 0 Å². The van der Waals surface area contributed by atoms with E-state index in [1.54, 1.807) is 35.9 Å². The van der Waals surface area contributed by atoms with E-state index < -0.39 is 6.61 Å². The van der Waals surface area contributed by atoms with Crippen LogP contribution in [0.15, 0.2) is 48.5 Å². The number of carbonyl (C=O) groups excluding carboxylic acids is 1. The summed E-state index contributed by atoms with van der Waals surface area (Å²) in [5, 5.41) is 2.63. The molecular weight excluding hydrogens is 362 g/mol. The highest BCUT2D eigenvalue weighted by Crippen LogP contribution is 2.38. The second-order valence-electron chi connectivity index (χ2n) is 5.53. The zero-order valence-corrected chi connectivity index (χ0v) is 14.8. The van der Waals surface area contributed by atoms with E-state index in [1.165, 1.54) is 12.1 Å². The van der Waals surface area contributed by atoms with Gasteiger partial charge in [-0.05, 0) is 29.8 Å². The average molecular weight is 380 g/mol. The molecule has 1 aliphatic rings. The number of hydrogen-bond acceptors (Lipinski definition) is 4. The van der Waals surface area contributed by atoms with Crippen molar-refractivity contribution in [3.05, 3.63) is 54.1 Å². The van der Waals surface area contributed by atoms with Crippen LogP contribution in [0, 0.1) is 0 Å². The minimum atomic E-state index is -2.91. The van der Waals surface area contributed by atoms with Gasteiger partial charge >= 0.3 is 12.6 Å². The van der Waals surface area contributed by atoms with Crippen molar-refractivity contribution in [2.24, 2.45) is 0 Å². The van der Waals surface area contributed by atoms with E-state index >= 15 is 0 Å². The Kier molecular flexibility index (Phi) is 5.82. The molecule has 2 aromatic carbocycles. The molecule has 0 bridgehead atoms. The normalized spacial score (nSPS) is 16.6. The van der Waals surface area contributed by atoms with Crippen molar-refractivity contribution in [1.82, 2.24) is 4.90 Å². The first kappa shape index (κ1) is 18.3. The minimum Gasteiger partial charge on any atom is -0.497 e. The number of halogens is 2. The zero-order chi connectivity index (χ0) is 18.5. The maximum absolute atomic E-state index is 12.6. The minimum absolute atomic E-state index is 0.000279. The van der Waals surface area contributed by atoms with Crippen molar-refractivity contribution in [1.29, 1.82) is 0 Å². The Morgan fingerprint density at radius 3 is 2.69 bits per heavy atom. The lowest BCUT2D eigenvalue weighted by Crippen LogP contribution is -2.34. The fourth-order valence-electron chi connectivity index (χ4n) is 2.67. The molecule has 1 unspecified atom stereocenters. The van der Waals surface area contributed by atoms with Crippen LogP contribution >= 0.6 is 11.8 Å². The molecule has 0 aliphatic carbocycles. The van der Waals surface area contributed by atoms with Gasteiger partial charge in [0.2, 0.25) is 0 Å². The molecule has 1 saturated heterocycles. The third-order valence-electron chi connectivity index (χ3n) is 3.86. The van der Waals surface area contributed by atoms with E-state index in [-0.39, 0.29) is 17.2 Å². The Bertz CT molecular complexity index is 758. The van der Waals surface area contributed by atoms with Crippen LogP contribution in [0.2, 0.25) is 0 Å². The van der Waals surface area contributed by atoms with E-state index in [2.05, 4.69) is 10.1 Å². The molecule has 3 rings (SSSR count). The first-order chi connectivity index (χ1) is 12.6. The molecular formula is C18H18F2N2O3S. The predicted molar refractivity (Wildman–Crippen MR) is 97.0 cm³/mol. The molecule has 0 aromatic heterocycles. The number of amides is 2. The number of nitrogens with one attached hydrogen (secondary N) is 1. The maximum Gasteiger partial charge on any atom is 0.387 e. The number of hydrogen-bond donors (Lipinski definition) is 1. The van der Waals surface area contributed by atoms with E-state index in [0.717, 1.165) is 17.1 Å². The summed E-state index contributed by atoms with van der Waals surface area (Å²) in [5.41, 5.74) is 1.40. The SMILES string of the molecule is COc1ccc(C2SCCN2C(=O)Nc2cccc(OC(F)F)c2)cc1. The highest BCUT2D eigenvalue weighted by Gasteiger charge is 2.30. The van der Waals surface area contributed by atoms with Crippen LogP contribution in [0.5, 0.6) is 11.5 Å². The zero-order valence-electron chi connectivity index (χ0n) is 14.0. The first-order valence-electron chi connectivity index (χ1n) is 7.95. The van der Waals surface area contributed by atoms with Gasteiger partial charge < -0.3 is 19.7 Å². The van der Waals surface area contributed by atoms with Crippen molar-refractivity contribution in [3.8, 4) is 11.5 Å². The van der Waals surface area contributed by atoms with Crippen LogP contribution in [0.25, 0.3) is 0 Å². The van der Waals surface area contributed by atoms with Crippen molar-refractivity contribution >= 4 is 23.5 Å². The summed E-state index contributed by atoms with van der Waals surface area (Å²) in [6, 6.07) is 13.2. The number of benzene rings is 2. The Balaban J connectivity index is 1.70. The van der Waals surface area contributed by atoms with Crippen LogP contribution in [0.3, 0.4) is 0 Å². The van der Waals surface area contributed by atoms with Gasteiger partial charge in [-0.25, -0.2) is 4.79 Å². The summed E-state index contributed by atoms with van der Waals surface area (Å²) in [6.45, 7) is -2.31. The highest BCUT2D eigenvalue weighted by atomic mass is 32.2. The predicted octanol–water partition coefficient (Wildman–Crippen LogP) is 4.58. The smallest absolute Gasteiger partial charge is 0.387 e. The fourth-order valence-corrected chi connectivity index (χ4v) is 3.92. The Morgan fingerprint density at radius 1 is 1.23 bits per heavy atom. The second kappa shape index (κ2) is 8.27. The lowest BCUT2D eigenvalue weighted by molar-refractivity contribution is -0.0497. The van der Waals surface area contributed by atoms with E-state index in [1.807, 2.05) is 24.3 Å². The summed E-state index contributed by atoms with van der Waals surface area (Å²) in [6.07, 6.45) is 0. The van der Waals surface area contributed by atoms with Crippen LogP contribution < -0.4 is 14.8 Å². The summed E-state index contributed by atoms with van der Waals surface area (Å²) in [7, 11) is 1.60. The summed E-state index contributed by atoms with van der Waals surface area (Å²) in [4.78, 5) is 14.4. The number of ether oxygens (including phenoxy) is 2. The number of urea groups is 1. The Hall–Kier alpha value is -2.48. The molecule has 2 aromatic rings. The van der Waals surface area contributed by atoms with E-state index in [4.69, 9.17) is 4.74 Å². The molecule has 2 amide bonds. The van der Waals surface area contributed by atoms with Gasteiger partial charge in [-0.1, -0.05) is 18.2 Å². The largest absolute Gasteiger partial charge is 0.497 e. The Labute approximate surface area is 154 Å². The lowest BCUT2D eigenvalue weighted by Gasteiger charge is -2.24. The third kappa shape index (κ3) is 4.37. The van der Waals surface area contributed by atoms with Gasteiger partial charge in [0.15, 0.2) is 0 Å². The van der Waals surface area contributed by atoms with E-state index in [9.17, 15) is 13.6 Å². The molecule has 0 spiro atoms. The number of methoxy groups -OCH3 is 1. The van der Waals surface area contributed by atoms with Crippen LogP contribution in [-0.4, -0.2) is 36.9 Å². The molecule has 138 valence electrons. The molecule has 0 saturated carbocycles. The molecule has 5 nitrogen and oxygen atoms in total. The van der Waals surface area contributed by atoms with Crippen molar-refractivity contribution in [2.75, 3.05) is 24.7 Å². The molecule has 26 heavy (non-hydrogen) atoms. The molecule has 1 fully saturated rings. The standard InChI is InChI=1S/C18H18F2N2O3S/c1-24-14-7-5-12(6-8-14)16-22(9-10-26-16)18(23)21-13-3-2-4-15(11-13)25-17(19)20/h2-8,11,16-17H,9-10H2,1H3,(H,21,23). The quantitative estimate of drug-likeness (QED) is 0.825. The van der Waals surface area contributed by atoms with Gasteiger partial charge in [-0.3, -0.25) is 0 Å². The van der Waals surface area contributed by atoms with E-state index in [0.29, 0.717) is 12.2 Å². The topological polar surface area (TPSA) is 50.8 Å². The van der Waals surface area contributed by atoms with Crippen LogP contribution in [0.4, 0.5) is 19.3 Å². The van der Waals surface area contributed by atoms with Crippen molar-refractivity contribution in [2.45, 2.75) is 12.0 Å².